The van der Waals surface area contributed by atoms with Crippen molar-refractivity contribution in [1.29, 1.82) is 0 Å². The van der Waals surface area contributed by atoms with Crippen LogP contribution in [0.5, 0.6) is 0 Å². The minimum absolute atomic E-state index is 0. The molecule has 0 aromatic heterocycles. The second-order valence-electron chi connectivity index (χ2n) is 4.19. The van der Waals surface area contributed by atoms with Gasteiger partial charge in [0, 0.05) is 6.08 Å². The van der Waals surface area contributed by atoms with E-state index in [1.165, 1.54) is 6.08 Å². The Morgan fingerprint density at radius 3 is 2.40 bits per heavy atom. The van der Waals surface area contributed by atoms with Crippen LogP contribution in [0.3, 0.4) is 0 Å². The zero-order valence-electron chi connectivity index (χ0n) is 9.74. The monoisotopic (exact) mass is 237 g/mol. The zero-order valence-corrected chi connectivity index (χ0v) is 10.5. The molecule has 0 saturated heterocycles. The summed E-state index contributed by atoms with van der Waals surface area (Å²) >= 11 is 0. The van der Waals surface area contributed by atoms with Crippen LogP contribution in [-0.2, 0) is 9.53 Å². The Bertz CT molecular complexity index is 211. The Balaban J connectivity index is 0. The summed E-state index contributed by atoms with van der Waals surface area (Å²) < 4.78 is 5.44. The van der Waals surface area contributed by atoms with Gasteiger partial charge in [-0.25, -0.2) is 4.79 Å². The Kier molecular flexibility index (Phi) is 8.62. The van der Waals surface area contributed by atoms with Crippen LogP contribution in [0.2, 0.25) is 0 Å². The summed E-state index contributed by atoms with van der Waals surface area (Å²) in [5.41, 5.74) is 0. The van der Waals surface area contributed by atoms with Crippen molar-refractivity contribution in [2.45, 2.75) is 19.6 Å². The minimum Gasteiger partial charge on any atom is -1.00 e. The van der Waals surface area contributed by atoms with Crippen LogP contribution < -0.4 is 12.4 Å². The predicted octanol–water partition coefficient (Wildman–Crippen LogP) is -2.48. The lowest BCUT2D eigenvalue weighted by Crippen LogP contribution is -3.00. The zero-order chi connectivity index (χ0) is 11.2. The van der Waals surface area contributed by atoms with E-state index in [0.717, 1.165) is 11.0 Å². The van der Waals surface area contributed by atoms with E-state index in [0.29, 0.717) is 6.42 Å². The average molecular weight is 238 g/mol. The summed E-state index contributed by atoms with van der Waals surface area (Å²) in [7, 11) is 6.04. The van der Waals surface area contributed by atoms with Crippen molar-refractivity contribution in [2.75, 3.05) is 27.7 Å². The molecule has 0 aliphatic heterocycles. The summed E-state index contributed by atoms with van der Waals surface area (Å²) in [5.74, 6) is -0.499. The summed E-state index contributed by atoms with van der Waals surface area (Å²) in [4.78, 5) is 10.9. The minimum atomic E-state index is -1.00. The van der Waals surface area contributed by atoms with Crippen molar-refractivity contribution in [3.8, 4) is 0 Å². The van der Waals surface area contributed by atoms with Crippen LogP contribution in [0.4, 0.5) is 0 Å². The highest BCUT2D eigenvalue weighted by Crippen LogP contribution is 2.00. The molecule has 1 N–H and O–H groups in total. The van der Waals surface area contributed by atoms with Gasteiger partial charge in [0.05, 0.1) is 34.1 Å². The highest BCUT2D eigenvalue weighted by atomic mass is 35.5. The number of hydrogen-bond donors (Lipinski definition) is 1. The summed E-state index contributed by atoms with van der Waals surface area (Å²) in [6, 6.07) is 0. The third kappa shape index (κ3) is 11.3. The van der Waals surface area contributed by atoms with E-state index in [2.05, 4.69) is 0 Å². The predicted molar refractivity (Wildman–Crippen MR) is 54.4 cm³/mol. The van der Waals surface area contributed by atoms with E-state index < -0.39 is 12.3 Å². The number of nitrogens with zero attached hydrogens (tertiary/aromatic N) is 1. The van der Waals surface area contributed by atoms with E-state index in [1.807, 2.05) is 21.1 Å². The molecule has 0 aliphatic rings. The summed E-state index contributed by atoms with van der Waals surface area (Å²) in [6.07, 6.45) is 2.31. The van der Waals surface area contributed by atoms with Crippen LogP contribution in [0.15, 0.2) is 12.2 Å². The number of carbonyl (C=O) groups is 1. The molecule has 1 atom stereocenters. The number of quaternary nitrogens is 1. The highest BCUT2D eigenvalue weighted by Gasteiger charge is 2.14. The molecule has 0 amide bonds. The van der Waals surface area contributed by atoms with Gasteiger partial charge in [-0.1, -0.05) is 6.08 Å². The lowest BCUT2D eigenvalue weighted by Gasteiger charge is -2.24. The molecule has 0 saturated carbocycles. The van der Waals surface area contributed by atoms with Crippen molar-refractivity contribution >= 4 is 5.97 Å². The fourth-order valence-corrected chi connectivity index (χ4v) is 0.866. The maximum atomic E-state index is 10.9. The van der Waals surface area contributed by atoms with Crippen LogP contribution in [0.25, 0.3) is 0 Å². The Hall–Kier alpha value is -0.580. The number of ether oxygens (including phenoxy) is 1. The van der Waals surface area contributed by atoms with Crippen molar-refractivity contribution < 1.29 is 31.5 Å². The quantitative estimate of drug-likeness (QED) is 0.249. The molecular formula is C10H20ClNO3. The molecule has 0 rings (SSSR count). The maximum Gasteiger partial charge on any atom is 0.332 e. The van der Waals surface area contributed by atoms with E-state index in [4.69, 9.17) is 4.74 Å². The number of esters is 1. The number of aliphatic hydroxyl groups is 1. The lowest BCUT2D eigenvalue weighted by atomic mass is 10.3. The van der Waals surface area contributed by atoms with Crippen molar-refractivity contribution in [3.05, 3.63) is 12.2 Å². The first-order chi connectivity index (χ1) is 6.35. The van der Waals surface area contributed by atoms with Crippen LogP contribution in [-0.4, -0.2) is 49.5 Å². The van der Waals surface area contributed by atoms with Gasteiger partial charge < -0.3 is 26.7 Å². The lowest BCUT2D eigenvalue weighted by molar-refractivity contribution is -0.871. The van der Waals surface area contributed by atoms with Gasteiger partial charge >= 0.3 is 5.97 Å². The van der Waals surface area contributed by atoms with Crippen molar-refractivity contribution in [1.82, 2.24) is 0 Å². The average Bonchev–Trinajstić information content (AvgIpc) is 2.00. The number of rotatable bonds is 5. The molecule has 0 aromatic carbocycles. The molecule has 0 aliphatic carbocycles. The molecule has 5 heteroatoms. The fourth-order valence-electron chi connectivity index (χ4n) is 0.866. The van der Waals surface area contributed by atoms with E-state index >= 15 is 0 Å². The van der Waals surface area contributed by atoms with Gasteiger partial charge in [0.25, 0.3) is 0 Å². The van der Waals surface area contributed by atoms with Crippen LogP contribution in [0.1, 0.15) is 13.3 Å². The van der Waals surface area contributed by atoms with Gasteiger partial charge in [-0.2, -0.15) is 0 Å². The first kappa shape index (κ1) is 16.8. The molecule has 90 valence electrons. The van der Waals surface area contributed by atoms with Gasteiger partial charge in [-0.05, 0) is 6.92 Å². The molecular weight excluding hydrogens is 218 g/mol. The molecule has 0 spiro atoms. The molecule has 0 heterocycles. The van der Waals surface area contributed by atoms with Gasteiger partial charge in [-0.3, -0.25) is 0 Å². The van der Waals surface area contributed by atoms with Crippen molar-refractivity contribution in [2.24, 2.45) is 0 Å². The summed E-state index contributed by atoms with van der Waals surface area (Å²) in [5, 5.41) is 9.32. The van der Waals surface area contributed by atoms with Gasteiger partial charge in [0.15, 0.2) is 0 Å². The van der Waals surface area contributed by atoms with E-state index in [-0.39, 0.29) is 12.4 Å². The Morgan fingerprint density at radius 1 is 1.47 bits per heavy atom. The number of halogens is 1. The number of hydrogen-bond acceptors (Lipinski definition) is 3. The second kappa shape index (κ2) is 7.68. The number of aliphatic hydroxyl groups excluding tert-OH is 1. The standard InChI is InChI=1S/C10H20NO3.ClH/c1-5-6-9(12)14-10(13)7-8-11(2,3)4;/h5-6,10,13H,7-8H2,1-4H3;1H/q+1;/p-1. The smallest absolute Gasteiger partial charge is 0.332 e. The molecule has 15 heavy (non-hydrogen) atoms. The largest absolute Gasteiger partial charge is 1.00 e. The first-order valence-corrected chi connectivity index (χ1v) is 4.67. The highest BCUT2D eigenvalue weighted by molar-refractivity contribution is 5.81. The third-order valence-electron chi connectivity index (χ3n) is 1.60. The number of allylic oxidation sites excluding steroid dienone is 1. The van der Waals surface area contributed by atoms with E-state index in [9.17, 15) is 9.90 Å². The van der Waals surface area contributed by atoms with Gasteiger partial charge in [-0.15, -0.1) is 0 Å². The van der Waals surface area contributed by atoms with Crippen molar-refractivity contribution in [3.63, 3.8) is 0 Å². The topological polar surface area (TPSA) is 46.5 Å². The van der Waals surface area contributed by atoms with Crippen LogP contribution >= 0.6 is 0 Å². The molecule has 1 unspecified atom stereocenters. The SMILES string of the molecule is CC=CC(=O)OC(O)CC[N+](C)(C)C.[Cl-]. The molecule has 0 radical (unpaired) electrons. The van der Waals surface area contributed by atoms with Gasteiger partial charge in [0.2, 0.25) is 6.29 Å². The van der Waals surface area contributed by atoms with Gasteiger partial charge in [0.1, 0.15) is 0 Å². The fraction of sp³-hybridized carbons (Fsp3) is 0.700. The molecule has 0 bridgehead atoms. The maximum absolute atomic E-state index is 10.9. The number of carbonyl (C=O) groups excluding carboxylic acids is 1. The Labute approximate surface area is 97.5 Å². The Morgan fingerprint density at radius 2 is 2.00 bits per heavy atom. The normalized spacial score (nSPS) is 13.4. The molecule has 0 fully saturated rings. The summed E-state index contributed by atoms with van der Waals surface area (Å²) in [6.45, 7) is 2.48. The third-order valence-corrected chi connectivity index (χ3v) is 1.60. The first-order valence-electron chi connectivity index (χ1n) is 4.67. The molecule has 0 aromatic rings. The van der Waals surface area contributed by atoms with Crippen LogP contribution in [0, 0.1) is 0 Å². The second-order valence-corrected chi connectivity index (χ2v) is 4.19. The van der Waals surface area contributed by atoms with E-state index in [1.54, 1.807) is 13.0 Å². The molecule has 4 nitrogen and oxygen atoms in total.